The largest absolute Gasteiger partial charge is 0.507 e. The predicted octanol–water partition coefficient (Wildman–Crippen LogP) is 2.81. The summed E-state index contributed by atoms with van der Waals surface area (Å²) in [6.45, 7) is 1.77. The van der Waals surface area contributed by atoms with Crippen LogP contribution in [-0.4, -0.2) is 30.2 Å². The quantitative estimate of drug-likeness (QED) is 0.394. The fraction of sp³-hybridized carbons (Fsp3) is 0.0833. The van der Waals surface area contributed by atoms with Crippen LogP contribution in [0.15, 0.2) is 77.9 Å². The van der Waals surface area contributed by atoms with Crippen molar-refractivity contribution in [3.05, 3.63) is 94.7 Å². The van der Waals surface area contributed by atoms with Crippen molar-refractivity contribution in [1.82, 2.24) is 24.5 Å². The number of carbonyl (C=O) groups is 1. The molecule has 1 unspecified atom stereocenters. The van der Waals surface area contributed by atoms with Gasteiger partial charge in [0, 0.05) is 23.8 Å². The fourth-order valence-corrected chi connectivity index (χ4v) is 3.99. The molecule has 3 heterocycles. The molecule has 3 aromatic heterocycles. The number of nitrogen functional groups attached to an aromatic ring is 1. The van der Waals surface area contributed by atoms with Crippen molar-refractivity contribution in [2.24, 2.45) is 0 Å². The lowest BCUT2D eigenvalue weighted by Gasteiger charge is -2.21. The molecule has 0 aliphatic rings. The standard InChI is InChI=1S/C24H20N6O3/c1-14(27-23(32)20-21(25)28-29-12-6-11-26-22(20)29)17-13-15-7-5-10-18(31)19(15)24(33)30(17)16-8-3-2-4-9-16/h2-14,31H,1H3,(H2,25,28)(H,27,32). The van der Waals surface area contributed by atoms with Gasteiger partial charge in [-0.05, 0) is 42.6 Å². The highest BCUT2D eigenvalue weighted by molar-refractivity contribution is 6.04. The topological polar surface area (TPSA) is 128 Å². The third-order valence-corrected chi connectivity index (χ3v) is 5.51. The van der Waals surface area contributed by atoms with Crippen molar-refractivity contribution in [2.45, 2.75) is 13.0 Å². The summed E-state index contributed by atoms with van der Waals surface area (Å²) in [5.74, 6) is -0.505. The van der Waals surface area contributed by atoms with Gasteiger partial charge in [0.1, 0.15) is 11.3 Å². The number of phenolic OH excluding ortho intramolecular Hbond substituents is 1. The lowest BCUT2D eigenvalue weighted by molar-refractivity contribution is 0.0941. The Hall–Kier alpha value is -4.66. The van der Waals surface area contributed by atoms with Crippen LogP contribution in [0.2, 0.25) is 0 Å². The van der Waals surface area contributed by atoms with Crippen molar-refractivity contribution in [3.8, 4) is 11.4 Å². The van der Waals surface area contributed by atoms with E-state index < -0.39 is 11.9 Å². The molecule has 2 aromatic carbocycles. The number of carbonyl (C=O) groups excluding carboxylic acids is 1. The van der Waals surface area contributed by atoms with Crippen LogP contribution in [0.3, 0.4) is 0 Å². The number of amides is 1. The Morgan fingerprint density at radius 1 is 1.12 bits per heavy atom. The smallest absolute Gasteiger partial charge is 0.267 e. The second-order valence-electron chi connectivity index (χ2n) is 7.63. The third kappa shape index (κ3) is 3.35. The minimum atomic E-state index is -0.588. The van der Waals surface area contributed by atoms with E-state index in [4.69, 9.17) is 5.73 Å². The second kappa shape index (κ2) is 7.79. The van der Waals surface area contributed by atoms with Crippen LogP contribution in [0, 0.1) is 0 Å². The van der Waals surface area contributed by atoms with Crippen LogP contribution in [0.1, 0.15) is 29.0 Å². The fourth-order valence-electron chi connectivity index (χ4n) is 3.99. The minimum absolute atomic E-state index is 0.0577. The highest BCUT2D eigenvalue weighted by Crippen LogP contribution is 2.26. The van der Waals surface area contributed by atoms with Gasteiger partial charge in [0.2, 0.25) is 0 Å². The first kappa shape index (κ1) is 20.3. The van der Waals surface area contributed by atoms with Gasteiger partial charge in [0.05, 0.1) is 11.4 Å². The van der Waals surface area contributed by atoms with E-state index in [9.17, 15) is 14.7 Å². The Kier molecular flexibility index (Phi) is 4.78. The van der Waals surface area contributed by atoms with E-state index in [1.54, 1.807) is 55.7 Å². The van der Waals surface area contributed by atoms with Gasteiger partial charge in [0.15, 0.2) is 11.5 Å². The molecule has 0 radical (unpaired) electrons. The molecule has 0 aliphatic carbocycles. The van der Waals surface area contributed by atoms with E-state index in [1.165, 1.54) is 15.1 Å². The summed E-state index contributed by atoms with van der Waals surface area (Å²) in [7, 11) is 0. The Morgan fingerprint density at radius 3 is 2.70 bits per heavy atom. The molecule has 5 aromatic rings. The number of aromatic nitrogens is 4. The summed E-state index contributed by atoms with van der Waals surface area (Å²) < 4.78 is 2.93. The molecule has 0 fully saturated rings. The molecule has 9 nitrogen and oxygen atoms in total. The number of para-hydroxylation sites is 1. The van der Waals surface area contributed by atoms with Gasteiger partial charge in [-0.1, -0.05) is 30.3 Å². The molecule has 5 rings (SSSR count). The molecule has 164 valence electrons. The summed E-state index contributed by atoms with van der Waals surface area (Å²) >= 11 is 0. The molecule has 0 bridgehead atoms. The average molecular weight is 440 g/mol. The van der Waals surface area contributed by atoms with Crippen LogP contribution in [0.25, 0.3) is 22.1 Å². The third-order valence-electron chi connectivity index (χ3n) is 5.51. The zero-order chi connectivity index (χ0) is 23.1. The van der Waals surface area contributed by atoms with Crippen molar-refractivity contribution in [2.75, 3.05) is 5.73 Å². The normalized spacial score (nSPS) is 12.2. The number of rotatable bonds is 4. The van der Waals surface area contributed by atoms with Gasteiger partial charge in [-0.2, -0.15) is 0 Å². The van der Waals surface area contributed by atoms with E-state index in [0.29, 0.717) is 22.4 Å². The summed E-state index contributed by atoms with van der Waals surface area (Å²) in [6, 6.07) is 16.8. The second-order valence-corrected chi connectivity index (χ2v) is 7.63. The summed E-state index contributed by atoms with van der Waals surface area (Å²) in [5.41, 5.74) is 7.26. The Balaban J connectivity index is 1.64. The van der Waals surface area contributed by atoms with Crippen molar-refractivity contribution < 1.29 is 9.90 Å². The van der Waals surface area contributed by atoms with Crippen LogP contribution >= 0.6 is 0 Å². The van der Waals surface area contributed by atoms with Crippen LogP contribution < -0.4 is 16.6 Å². The molecule has 33 heavy (non-hydrogen) atoms. The van der Waals surface area contributed by atoms with E-state index >= 15 is 0 Å². The van der Waals surface area contributed by atoms with Gasteiger partial charge in [0.25, 0.3) is 11.5 Å². The van der Waals surface area contributed by atoms with E-state index in [-0.39, 0.29) is 28.1 Å². The molecular formula is C24H20N6O3. The predicted molar refractivity (Wildman–Crippen MR) is 124 cm³/mol. The zero-order valence-electron chi connectivity index (χ0n) is 17.6. The number of fused-ring (bicyclic) bond motifs is 2. The molecule has 0 saturated heterocycles. The van der Waals surface area contributed by atoms with Crippen molar-refractivity contribution in [1.29, 1.82) is 0 Å². The zero-order valence-corrected chi connectivity index (χ0v) is 17.6. The summed E-state index contributed by atoms with van der Waals surface area (Å²) in [5, 5.41) is 18.2. The molecule has 9 heteroatoms. The van der Waals surface area contributed by atoms with Gasteiger partial charge in [-0.15, -0.1) is 5.10 Å². The first-order valence-electron chi connectivity index (χ1n) is 10.3. The minimum Gasteiger partial charge on any atom is -0.507 e. The number of hydrogen-bond donors (Lipinski definition) is 3. The molecule has 1 amide bonds. The van der Waals surface area contributed by atoms with E-state index in [1.807, 2.05) is 18.2 Å². The average Bonchev–Trinajstić information content (AvgIpc) is 3.15. The van der Waals surface area contributed by atoms with Crippen LogP contribution in [0.4, 0.5) is 5.82 Å². The maximum Gasteiger partial charge on any atom is 0.267 e. The van der Waals surface area contributed by atoms with Gasteiger partial charge in [-0.25, -0.2) is 9.50 Å². The number of anilines is 1. The number of hydrogen-bond acceptors (Lipinski definition) is 6. The molecular weight excluding hydrogens is 420 g/mol. The van der Waals surface area contributed by atoms with E-state index in [0.717, 1.165) is 0 Å². The summed E-state index contributed by atoms with van der Waals surface area (Å²) in [6.07, 6.45) is 3.21. The SMILES string of the molecule is CC(NC(=O)c1c(N)nn2cccnc12)c1cc2cccc(O)c2c(=O)n1-c1ccccc1. The van der Waals surface area contributed by atoms with Crippen LogP contribution in [0.5, 0.6) is 5.75 Å². The first-order valence-corrected chi connectivity index (χ1v) is 10.3. The molecule has 1 atom stereocenters. The molecule has 0 spiro atoms. The Morgan fingerprint density at radius 2 is 1.91 bits per heavy atom. The molecule has 4 N–H and O–H groups in total. The lowest BCUT2D eigenvalue weighted by atomic mass is 10.1. The Labute approximate surface area is 187 Å². The number of phenols is 1. The maximum absolute atomic E-state index is 13.5. The summed E-state index contributed by atoms with van der Waals surface area (Å²) in [4.78, 5) is 30.8. The number of nitrogens with zero attached hydrogens (tertiary/aromatic N) is 4. The van der Waals surface area contributed by atoms with Gasteiger partial charge >= 0.3 is 0 Å². The monoisotopic (exact) mass is 440 g/mol. The highest BCUT2D eigenvalue weighted by atomic mass is 16.3. The van der Waals surface area contributed by atoms with Crippen molar-refractivity contribution in [3.63, 3.8) is 0 Å². The van der Waals surface area contributed by atoms with Gasteiger partial charge in [-0.3, -0.25) is 14.2 Å². The number of benzene rings is 2. The Bertz CT molecular complexity index is 1570. The number of pyridine rings is 1. The van der Waals surface area contributed by atoms with Crippen LogP contribution in [-0.2, 0) is 0 Å². The number of aromatic hydroxyl groups is 1. The number of nitrogens with two attached hydrogens (primary N) is 1. The maximum atomic E-state index is 13.5. The van der Waals surface area contributed by atoms with Gasteiger partial charge < -0.3 is 16.2 Å². The molecule has 0 saturated carbocycles. The van der Waals surface area contributed by atoms with E-state index in [2.05, 4.69) is 15.4 Å². The molecule has 0 aliphatic heterocycles. The lowest BCUT2D eigenvalue weighted by Crippen LogP contribution is -2.32. The first-order chi connectivity index (χ1) is 16.0. The highest BCUT2D eigenvalue weighted by Gasteiger charge is 2.23. The van der Waals surface area contributed by atoms with Crippen molar-refractivity contribution >= 4 is 28.1 Å². The number of nitrogens with one attached hydrogen (secondary N) is 1.